The lowest BCUT2D eigenvalue weighted by Crippen LogP contribution is -2.45. The van der Waals surface area contributed by atoms with Gasteiger partial charge in [0.15, 0.2) is 5.96 Å². The maximum absolute atomic E-state index is 12.2. The molecule has 0 saturated carbocycles. The molecule has 0 fully saturated rings. The first-order valence-corrected chi connectivity index (χ1v) is 7.00. The molecule has 0 aliphatic heterocycles. The van der Waals surface area contributed by atoms with E-state index < -0.39 is 0 Å². The Morgan fingerprint density at radius 3 is 2.25 bits per heavy atom. The fraction of sp³-hybridized carbons (Fsp3) is 0.467. The maximum Gasteiger partial charge on any atom is 0.328 e. The van der Waals surface area contributed by atoms with E-state index in [1.807, 2.05) is 25.1 Å². The summed E-state index contributed by atoms with van der Waals surface area (Å²) in [6.07, 6.45) is 1.75. The van der Waals surface area contributed by atoms with Gasteiger partial charge in [-0.25, -0.2) is 4.79 Å². The van der Waals surface area contributed by atoms with Crippen LogP contribution in [0.25, 0.3) is 0 Å². The summed E-state index contributed by atoms with van der Waals surface area (Å²) in [6.45, 7) is 6.57. The van der Waals surface area contributed by atoms with Crippen molar-refractivity contribution in [2.75, 3.05) is 18.5 Å². The number of carbonyl (C=O) groups excluding carboxylic acids is 1. The van der Waals surface area contributed by atoms with Crippen LogP contribution in [0.2, 0.25) is 0 Å². The Labute approximate surface area is 120 Å². The molecule has 0 aromatic heterocycles. The van der Waals surface area contributed by atoms with Crippen LogP contribution in [0.1, 0.15) is 31.9 Å². The molecule has 0 bridgehead atoms. The Balaban J connectivity index is 3.04. The highest BCUT2D eigenvalue weighted by Gasteiger charge is 2.17. The van der Waals surface area contributed by atoms with E-state index in [0.717, 1.165) is 29.7 Å². The summed E-state index contributed by atoms with van der Waals surface area (Å²) in [5.74, 6) is 0.149. The molecule has 5 heteroatoms. The van der Waals surface area contributed by atoms with Crippen molar-refractivity contribution >= 4 is 17.7 Å². The van der Waals surface area contributed by atoms with Gasteiger partial charge in [0.05, 0.1) is 5.69 Å². The number of nitrogens with zero attached hydrogens (tertiary/aromatic N) is 2. The van der Waals surface area contributed by atoms with Gasteiger partial charge in [-0.1, -0.05) is 32.0 Å². The Morgan fingerprint density at radius 2 is 1.80 bits per heavy atom. The number of benzene rings is 1. The number of urea groups is 1. The Bertz CT molecular complexity index is 474. The maximum atomic E-state index is 12.2. The number of aliphatic imine (C=N–C) groups is 1. The lowest BCUT2D eigenvalue weighted by molar-refractivity contribution is 0.251. The van der Waals surface area contributed by atoms with E-state index in [1.54, 1.807) is 11.9 Å². The number of nitrogens with two attached hydrogens (primary N) is 1. The van der Waals surface area contributed by atoms with E-state index in [-0.39, 0.29) is 12.0 Å². The Hall–Kier alpha value is -2.04. The summed E-state index contributed by atoms with van der Waals surface area (Å²) in [5, 5.41) is 2.60. The normalized spacial score (nSPS) is 11.3. The molecule has 2 amide bonds. The Kier molecular flexibility index (Phi) is 6.03. The largest absolute Gasteiger partial charge is 0.370 e. The van der Waals surface area contributed by atoms with E-state index in [9.17, 15) is 4.79 Å². The first kappa shape index (κ1) is 16.0. The summed E-state index contributed by atoms with van der Waals surface area (Å²) in [4.78, 5) is 17.8. The number of para-hydroxylation sites is 1. The minimum atomic E-state index is -0.268. The molecule has 0 radical (unpaired) electrons. The van der Waals surface area contributed by atoms with Crippen molar-refractivity contribution in [1.82, 2.24) is 5.32 Å². The number of amides is 2. The minimum absolute atomic E-state index is 0.149. The minimum Gasteiger partial charge on any atom is -0.370 e. The zero-order valence-corrected chi connectivity index (χ0v) is 12.7. The highest BCUT2D eigenvalue weighted by atomic mass is 16.2. The number of aryl methyl sites for hydroxylation is 2. The van der Waals surface area contributed by atoms with Crippen LogP contribution in [0.4, 0.5) is 10.5 Å². The first-order valence-electron chi connectivity index (χ1n) is 7.00. The third kappa shape index (κ3) is 3.73. The van der Waals surface area contributed by atoms with Crippen LogP contribution in [-0.4, -0.2) is 25.6 Å². The van der Waals surface area contributed by atoms with Crippen molar-refractivity contribution < 1.29 is 4.79 Å². The SMILES string of the molecule is CCN=C(N)NC(=O)N(C)c1c(CC)cccc1CC. The smallest absolute Gasteiger partial charge is 0.328 e. The average molecular weight is 276 g/mol. The quantitative estimate of drug-likeness (QED) is 0.654. The van der Waals surface area contributed by atoms with Crippen molar-refractivity contribution in [3.63, 3.8) is 0 Å². The molecule has 5 nitrogen and oxygen atoms in total. The first-order chi connectivity index (χ1) is 9.54. The molecule has 0 spiro atoms. The van der Waals surface area contributed by atoms with Crippen molar-refractivity contribution in [2.45, 2.75) is 33.6 Å². The molecular weight excluding hydrogens is 252 g/mol. The highest BCUT2D eigenvalue weighted by molar-refractivity contribution is 6.03. The second kappa shape index (κ2) is 7.53. The van der Waals surface area contributed by atoms with Crippen LogP contribution in [0.5, 0.6) is 0 Å². The Morgan fingerprint density at radius 1 is 1.25 bits per heavy atom. The predicted molar refractivity (Wildman–Crippen MR) is 84.3 cm³/mol. The molecule has 0 unspecified atom stereocenters. The topological polar surface area (TPSA) is 70.7 Å². The molecule has 20 heavy (non-hydrogen) atoms. The zero-order chi connectivity index (χ0) is 15.1. The third-order valence-corrected chi connectivity index (χ3v) is 3.17. The van der Waals surface area contributed by atoms with Gasteiger partial charge in [0.1, 0.15) is 0 Å². The van der Waals surface area contributed by atoms with E-state index >= 15 is 0 Å². The van der Waals surface area contributed by atoms with Gasteiger partial charge in [-0.3, -0.25) is 15.2 Å². The zero-order valence-electron chi connectivity index (χ0n) is 12.7. The van der Waals surface area contributed by atoms with E-state index in [0.29, 0.717) is 6.54 Å². The molecule has 1 rings (SSSR count). The molecule has 1 aromatic carbocycles. The standard InChI is InChI=1S/C15H24N4O/c1-5-11-9-8-10-12(6-2)13(11)19(4)15(20)18-14(16)17-7-3/h8-10H,5-7H2,1-4H3,(H3,16,17,18,20). The van der Waals surface area contributed by atoms with Gasteiger partial charge in [0.2, 0.25) is 0 Å². The van der Waals surface area contributed by atoms with Gasteiger partial charge in [-0.2, -0.15) is 0 Å². The molecule has 0 atom stereocenters. The van der Waals surface area contributed by atoms with Crippen molar-refractivity contribution in [2.24, 2.45) is 10.7 Å². The number of rotatable bonds is 4. The number of anilines is 1. The molecule has 3 N–H and O–H groups in total. The number of hydrogen-bond acceptors (Lipinski definition) is 2. The fourth-order valence-electron chi connectivity index (χ4n) is 2.15. The van der Waals surface area contributed by atoms with Gasteiger partial charge in [0.25, 0.3) is 0 Å². The molecular formula is C15H24N4O. The van der Waals surface area contributed by atoms with Crippen LogP contribution < -0.4 is 16.0 Å². The van der Waals surface area contributed by atoms with Crippen LogP contribution in [0.3, 0.4) is 0 Å². The van der Waals surface area contributed by atoms with Gasteiger partial charge >= 0.3 is 6.03 Å². The van der Waals surface area contributed by atoms with Crippen LogP contribution >= 0.6 is 0 Å². The second-order valence-corrected chi connectivity index (χ2v) is 4.48. The monoisotopic (exact) mass is 276 g/mol. The van der Waals surface area contributed by atoms with E-state index in [4.69, 9.17) is 5.73 Å². The second-order valence-electron chi connectivity index (χ2n) is 4.48. The third-order valence-electron chi connectivity index (χ3n) is 3.17. The molecule has 0 heterocycles. The molecule has 0 aliphatic rings. The highest BCUT2D eigenvalue weighted by Crippen LogP contribution is 2.26. The summed E-state index contributed by atoms with van der Waals surface area (Å²) in [6, 6.07) is 5.85. The molecule has 0 saturated heterocycles. The predicted octanol–water partition coefficient (Wildman–Crippen LogP) is 2.29. The number of nitrogens with one attached hydrogen (secondary N) is 1. The lowest BCUT2D eigenvalue weighted by Gasteiger charge is -2.23. The van der Waals surface area contributed by atoms with Gasteiger partial charge < -0.3 is 5.73 Å². The van der Waals surface area contributed by atoms with Crippen LogP contribution in [0, 0.1) is 0 Å². The number of hydrogen-bond donors (Lipinski definition) is 2. The van der Waals surface area contributed by atoms with E-state index in [2.05, 4.69) is 24.2 Å². The lowest BCUT2D eigenvalue weighted by atomic mass is 10.0. The number of carbonyl (C=O) groups is 1. The van der Waals surface area contributed by atoms with Crippen molar-refractivity contribution in [3.8, 4) is 0 Å². The van der Waals surface area contributed by atoms with Gasteiger partial charge in [0, 0.05) is 13.6 Å². The summed E-state index contributed by atoms with van der Waals surface area (Å²) < 4.78 is 0. The van der Waals surface area contributed by atoms with Crippen molar-refractivity contribution in [3.05, 3.63) is 29.3 Å². The van der Waals surface area contributed by atoms with Crippen LogP contribution in [0.15, 0.2) is 23.2 Å². The summed E-state index contributed by atoms with van der Waals surface area (Å²) in [5.41, 5.74) is 8.88. The van der Waals surface area contributed by atoms with Gasteiger partial charge in [-0.05, 0) is 30.9 Å². The average Bonchev–Trinajstić information content (AvgIpc) is 2.45. The van der Waals surface area contributed by atoms with E-state index in [1.165, 1.54) is 0 Å². The summed E-state index contributed by atoms with van der Waals surface area (Å²) in [7, 11) is 1.75. The van der Waals surface area contributed by atoms with Crippen molar-refractivity contribution in [1.29, 1.82) is 0 Å². The fourth-order valence-corrected chi connectivity index (χ4v) is 2.15. The summed E-state index contributed by atoms with van der Waals surface area (Å²) >= 11 is 0. The molecule has 110 valence electrons. The molecule has 1 aromatic rings. The van der Waals surface area contributed by atoms with Gasteiger partial charge in [-0.15, -0.1) is 0 Å². The van der Waals surface area contributed by atoms with Crippen LogP contribution in [-0.2, 0) is 12.8 Å². The number of guanidine groups is 1. The molecule has 0 aliphatic carbocycles.